The number of amides is 2. The highest BCUT2D eigenvalue weighted by molar-refractivity contribution is 7.17. The van der Waals surface area contributed by atoms with Crippen LogP contribution in [-0.2, 0) is 17.6 Å². The second-order valence-electron chi connectivity index (χ2n) is 7.44. The van der Waals surface area contributed by atoms with Crippen LogP contribution >= 0.6 is 22.9 Å². The summed E-state index contributed by atoms with van der Waals surface area (Å²) >= 11 is 7.66. The third kappa shape index (κ3) is 4.01. The summed E-state index contributed by atoms with van der Waals surface area (Å²) in [6, 6.07) is 4.96. The quantitative estimate of drug-likeness (QED) is 0.612. The number of aryl methyl sites for hydroxylation is 1. The standard InChI is InChI=1S/C22H25ClN2O4S/c1-3-14-12-25(16-11-13(23)9-10-17(16)29-14)22(27)24-20-19(21(26)28-4-2)15-7-5-6-8-18(15)30-20/h9-11,14H,3-8,12H2,1-2H3,(H,24,27)/t14-/m1/s1. The summed E-state index contributed by atoms with van der Waals surface area (Å²) in [6.45, 7) is 4.52. The minimum Gasteiger partial charge on any atom is -0.486 e. The Morgan fingerprint density at radius 1 is 1.30 bits per heavy atom. The minimum atomic E-state index is -0.371. The van der Waals surface area contributed by atoms with Crippen molar-refractivity contribution in [3.05, 3.63) is 39.2 Å². The molecule has 0 spiro atoms. The van der Waals surface area contributed by atoms with E-state index in [0.717, 1.165) is 42.5 Å². The molecule has 1 aliphatic carbocycles. The first-order chi connectivity index (χ1) is 14.5. The number of rotatable bonds is 4. The van der Waals surface area contributed by atoms with Gasteiger partial charge in [-0.25, -0.2) is 9.59 Å². The first-order valence-electron chi connectivity index (χ1n) is 10.4. The molecule has 2 aromatic rings. The highest BCUT2D eigenvalue weighted by Gasteiger charge is 2.32. The molecule has 30 heavy (non-hydrogen) atoms. The molecule has 2 aliphatic rings. The van der Waals surface area contributed by atoms with Crippen molar-refractivity contribution in [2.45, 2.75) is 52.1 Å². The van der Waals surface area contributed by atoms with Gasteiger partial charge in [0.15, 0.2) is 0 Å². The molecule has 2 amide bonds. The Hall–Kier alpha value is -2.25. The number of nitrogens with one attached hydrogen (secondary N) is 1. The number of carbonyl (C=O) groups excluding carboxylic acids is 2. The zero-order valence-electron chi connectivity index (χ0n) is 17.1. The van der Waals surface area contributed by atoms with E-state index in [2.05, 4.69) is 5.32 Å². The molecule has 4 rings (SSSR count). The lowest BCUT2D eigenvalue weighted by atomic mass is 9.95. The van der Waals surface area contributed by atoms with Gasteiger partial charge in [0.05, 0.1) is 24.4 Å². The maximum atomic E-state index is 13.3. The van der Waals surface area contributed by atoms with E-state index < -0.39 is 0 Å². The van der Waals surface area contributed by atoms with Crippen molar-refractivity contribution in [1.29, 1.82) is 0 Å². The maximum absolute atomic E-state index is 13.3. The van der Waals surface area contributed by atoms with Gasteiger partial charge < -0.3 is 9.47 Å². The van der Waals surface area contributed by atoms with Gasteiger partial charge in [-0.05, 0) is 62.8 Å². The summed E-state index contributed by atoms with van der Waals surface area (Å²) < 4.78 is 11.3. The van der Waals surface area contributed by atoms with Crippen molar-refractivity contribution < 1.29 is 19.1 Å². The monoisotopic (exact) mass is 448 g/mol. The molecule has 6 nitrogen and oxygen atoms in total. The molecule has 0 bridgehead atoms. The number of carbonyl (C=O) groups is 2. The molecule has 1 N–H and O–H groups in total. The molecule has 1 aromatic carbocycles. The summed E-state index contributed by atoms with van der Waals surface area (Å²) in [5, 5.41) is 4.08. The number of hydrogen-bond acceptors (Lipinski definition) is 5. The van der Waals surface area contributed by atoms with E-state index in [1.807, 2.05) is 6.92 Å². The second-order valence-corrected chi connectivity index (χ2v) is 8.98. The number of esters is 1. The molecule has 0 saturated carbocycles. The van der Waals surface area contributed by atoms with E-state index in [1.54, 1.807) is 30.0 Å². The van der Waals surface area contributed by atoms with Crippen LogP contribution in [0.5, 0.6) is 5.75 Å². The molecule has 0 radical (unpaired) electrons. The Morgan fingerprint density at radius 2 is 2.10 bits per heavy atom. The van der Waals surface area contributed by atoms with Gasteiger partial charge in [0.1, 0.15) is 16.9 Å². The topological polar surface area (TPSA) is 67.9 Å². The van der Waals surface area contributed by atoms with Crippen molar-refractivity contribution >= 4 is 45.6 Å². The van der Waals surface area contributed by atoms with Gasteiger partial charge in [0.25, 0.3) is 0 Å². The molecular formula is C22H25ClN2O4S. The van der Waals surface area contributed by atoms with Crippen molar-refractivity contribution in [3.63, 3.8) is 0 Å². The number of anilines is 2. The fourth-order valence-electron chi connectivity index (χ4n) is 3.96. The van der Waals surface area contributed by atoms with Gasteiger partial charge in [-0.1, -0.05) is 18.5 Å². The first-order valence-corrected chi connectivity index (χ1v) is 11.6. The van der Waals surface area contributed by atoms with Crippen molar-refractivity contribution in [2.75, 3.05) is 23.4 Å². The average molecular weight is 449 g/mol. The summed E-state index contributed by atoms with van der Waals surface area (Å²) in [5.41, 5.74) is 2.16. The molecule has 8 heteroatoms. The zero-order chi connectivity index (χ0) is 21.3. The van der Waals surface area contributed by atoms with E-state index >= 15 is 0 Å². The summed E-state index contributed by atoms with van der Waals surface area (Å²) in [6.07, 6.45) is 4.56. The van der Waals surface area contributed by atoms with Crippen molar-refractivity contribution in [2.24, 2.45) is 0 Å². The van der Waals surface area contributed by atoms with Crippen LogP contribution in [0.4, 0.5) is 15.5 Å². The number of benzene rings is 1. The van der Waals surface area contributed by atoms with Crippen LogP contribution in [0.1, 0.15) is 53.9 Å². The number of hydrogen-bond donors (Lipinski definition) is 1. The van der Waals surface area contributed by atoms with Gasteiger partial charge in [-0.2, -0.15) is 0 Å². The maximum Gasteiger partial charge on any atom is 0.341 e. The van der Waals surface area contributed by atoms with E-state index in [4.69, 9.17) is 21.1 Å². The van der Waals surface area contributed by atoms with Crippen LogP contribution in [-0.4, -0.2) is 31.3 Å². The SMILES string of the molecule is CCOC(=O)c1c(NC(=O)N2C[C@@H](CC)Oc3ccc(Cl)cc32)sc2c1CCCC2. The van der Waals surface area contributed by atoms with Crippen LogP contribution in [0.25, 0.3) is 0 Å². The van der Waals surface area contributed by atoms with E-state index in [-0.39, 0.29) is 18.1 Å². The molecule has 0 unspecified atom stereocenters. The lowest BCUT2D eigenvalue weighted by Gasteiger charge is -2.34. The molecule has 1 aliphatic heterocycles. The highest BCUT2D eigenvalue weighted by atomic mass is 35.5. The highest BCUT2D eigenvalue weighted by Crippen LogP contribution is 2.40. The fourth-order valence-corrected chi connectivity index (χ4v) is 5.40. The normalized spacial score (nSPS) is 17.6. The zero-order valence-corrected chi connectivity index (χ0v) is 18.7. The average Bonchev–Trinajstić information content (AvgIpc) is 3.10. The van der Waals surface area contributed by atoms with E-state index in [1.165, 1.54) is 11.3 Å². The molecule has 1 aromatic heterocycles. The number of urea groups is 1. The van der Waals surface area contributed by atoms with Gasteiger partial charge in [-0.3, -0.25) is 10.2 Å². The number of fused-ring (bicyclic) bond motifs is 2. The predicted molar refractivity (Wildman–Crippen MR) is 119 cm³/mol. The molecule has 2 heterocycles. The van der Waals surface area contributed by atoms with E-state index in [9.17, 15) is 9.59 Å². The third-order valence-electron chi connectivity index (χ3n) is 5.46. The fraction of sp³-hybridized carbons (Fsp3) is 0.455. The smallest absolute Gasteiger partial charge is 0.341 e. The lowest BCUT2D eigenvalue weighted by molar-refractivity contribution is 0.0526. The number of nitrogens with zero attached hydrogens (tertiary/aromatic N) is 1. The molecule has 160 valence electrons. The first kappa shape index (κ1) is 21.0. The Morgan fingerprint density at radius 3 is 2.87 bits per heavy atom. The molecule has 1 atom stereocenters. The Kier molecular flexibility index (Phi) is 6.20. The van der Waals surface area contributed by atoms with Gasteiger partial charge in [-0.15, -0.1) is 11.3 Å². The Bertz CT molecular complexity index is 974. The summed E-state index contributed by atoms with van der Waals surface area (Å²) in [5.74, 6) is 0.257. The predicted octanol–water partition coefficient (Wildman–Crippen LogP) is 5.67. The van der Waals surface area contributed by atoms with Crippen LogP contribution in [0.2, 0.25) is 5.02 Å². The van der Waals surface area contributed by atoms with Gasteiger partial charge >= 0.3 is 12.0 Å². The van der Waals surface area contributed by atoms with Crippen LogP contribution < -0.4 is 15.0 Å². The van der Waals surface area contributed by atoms with E-state index in [0.29, 0.717) is 40.2 Å². The van der Waals surface area contributed by atoms with Crippen LogP contribution in [0.3, 0.4) is 0 Å². The molecule has 0 saturated heterocycles. The summed E-state index contributed by atoms with van der Waals surface area (Å²) in [7, 11) is 0. The second kappa shape index (κ2) is 8.86. The number of ether oxygens (including phenoxy) is 2. The van der Waals surface area contributed by atoms with Crippen LogP contribution in [0.15, 0.2) is 18.2 Å². The molecule has 0 fully saturated rings. The van der Waals surface area contributed by atoms with Gasteiger partial charge in [0.2, 0.25) is 0 Å². The van der Waals surface area contributed by atoms with Crippen molar-refractivity contribution in [1.82, 2.24) is 0 Å². The third-order valence-corrected chi connectivity index (χ3v) is 6.91. The summed E-state index contributed by atoms with van der Waals surface area (Å²) in [4.78, 5) is 28.8. The lowest BCUT2D eigenvalue weighted by Crippen LogP contribution is -2.45. The Labute approximate surface area is 185 Å². The van der Waals surface area contributed by atoms with Gasteiger partial charge in [0, 0.05) is 9.90 Å². The number of thiophene rings is 1. The largest absolute Gasteiger partial charge is 0.486 e. The van der Waals surface area contributed by atoms with Crippen LogP contribution in [0, 0.1) is 0 Å². The molecular weight excluding hydrogens is 424 g/mol. The van der Waals surface area contributed by atoms with Crippen molar-refractivity contribution in [3.8, 4) is 5.75 Å². The number of halogens is 1. The minimum absolute atomic E-state index is 0.106. The Balaban J connectivity index is 1.67.